The van der Waals surface area contributed by atoms with Crippen molar-refractivity contribution < 1.29 is 0 Å². The van der Waals surface area contributed by atoms with Crippen LogP contribution >= 0.6 is 11.6 Å². The van der Waals surface area contributed by atoms with Crippen molar-refractivity contribution in [3.63, 3.8) is 0 Å². The van der Waals surface area contributed by atoms with Gasteiger partial charge in [-0.25, -0.2) is 0 Å². The molecule has 2 nitrogen and oxygen atoms in total. The van der Waals surface area contributed by atoms with Gasteiger partial charge in [0.15, 0.2) is 0 Å². The van der Waals surface area contributed by atoms with E-state index in [-0.39, 0.29) is 0 Å². The fourth-order valence-corrected chi connectivity index (χ4v) is 2.70. The standard InChI is InChI=1S/C18H31ClN2/c1-3-4-5-6-7-8-9-10-17(14-20)21-16-12-11-15(2)18(19)13-16/h11-13,17,21H,3-10,14,20H2,1-2H3. The summed E-state index contributed by atoms with van der Waals surface area (Å²) in [7, 11) is 0. The third kappa shape index (κ3) is 7.73. The van der Waals surface area contributed by atoms with Gasteiger partial charge in [0.05, 0.1) is 0 Å². The van der Waals surface area contributed by atoms with Crippen LogP contribution in [0.2, 0.25) is 5.02 Å². The molecule has 0 radical (unpaired) electrons. The normalized spacial score (nSPS) is 12.4. The molecule has 0 fully saturated rings. The lowest BCUT2D eigenvalue weighted by Gasteiger charge is -2.18. The van der Waals surface area contributed by atoms with Crippen molar-refractivity contribution in [2.45, 2.75) is 71.3 Å². The molecule has 1 atom stereocenters. The van der Waals surface area contributed by atoms with Gasteiger partial charge in [-0.05, 0) is 31.0 Å². The summed E-state index contributed by atoms with van der Waals surface area (Å²) in [5, 5.41) is 4.31. The van der Waals surface area contributed by atoms with Crippen molar-refractivity contribution in [2.75, 3.05) is 11.9 Å². The first-order valence-electron chi connectivity index (χ1n) is 8.40. The number of rotatable bonds is 11. The van der Waals surface area contributed by atoms with Crippen LogP contribution in [0.5, 0.6) is 0 Å². The van der Waals surface area contributed by atoms with Crippen molar-refractivity contribution in [3.05, 3.63) is 28.8 Å². The minimum Gasteiger partial charge on any atom is -0.381 e. The lowest BCUT2D eigenvalue weighted by molar-refractivity contribution is 0.548. The molecule has 3 N–H and O–H groups in total. The Balaban J connectivity index is 2.23. The fourth-order valence-electron chi connectivity index (χ4n) is 2.52. The van der Waals surface area contributed by atoms with E-state index in [1.54, 1.807) is 0 Å². The van der Waals surface area contributed by atoms with Crippen LogP contribution in [0.1, 0.15) is 63.9 Å². The monoisotopic (exact) mass is 310 g/mol. The zero-order chi connectivity index (χ0) is 15.5. The zero-order valence-electron chi connectivity index (χ0n) is 13.6. The predicted octanol–water partition coefficient (Wildman–Crippen LogP) is 5.53. The highest BCUT2D eigenvalue weighted by Crippen LogP contribution is 2.21. The van der Waals surface area contributed by atoms with Gasteiger partial charge in [-0.15, -0.1) is 0 Å². The van der Waals surface area contributed by atoms with E-state index in [0.717, 1.165) is 22.7 Å². The highest BCUT2D eigenvalue weighted by Gasteiger charge is 2.07. The smallest absolute Gasteiger partial charge is 0.0455 e. The number of nitrogens with two attached hydrogens (primary N) is 1. The Morgan fingerprint density at radius 1 is 1.10 bits per heavy atom. The molecule has 1 aromatic rings. The Morgan fingerprint density at radius 3 is 2.38 bits per heavy atom. The molecule has 0 bridgehead atoms. The SMILES string of the molecule is CCCCCCCCCC(CN)Nc1ccc(C)c(Cl)c1. The first-order valence-corrected chi connectivity index (χ1v) is 8.78. The van der Waals surface area contributed by atoms with Gasteiger partial charge in [0, 0.05) is 23.3 Å². The maximum absolute atomic E-state index is 6.16. The summed E-state index contributed by atoms with van der Waals surface area (Å²) < 4.78 is 0. The molecule has 0 spiro atoms. The van der Waals surface area contributed by atoms with Crippen LogP contribution < -0.4 is 11.1 Å². The Kier molecular flexibility index (Phi) is 9.53. The van der Waals surface area contributed by atoms with Crippen LogP contribution in [0.3, 0.4) is 0 Å². The summed E-state index contributed by atoms with van der Waals surface area (Å²) in [6.45, 7) is 4.95. The largest absolute Gasteiger partial charge is 0.381 e. The number of benzene rings is 1. The van der Waals surface area contributed by atoms with Gasteiger partial charge in [0.2, 0.25) is 0 Å². The van der Waals surface area contributed by atoms with Crippen molar-refractivity contribution >= 4 is 17.3 Å². The maximum Gasteiger partial charge on any atom is 0.0455 e. The quantitative estimate of drug-likeness (QED) is 0.527. The van der Waals surface area contributed by atoms with Crippen LogP contribution in [-0.4, -0.2) is 12.6 Å². The van der Waals surface area contributed by atoms with Crippen LogP contribution in [0, 0.1) is 6.92 Å². The molecular formula is C18H31ClN2. The number of unbranched alkanes of at least 4 members (excludes halogenated alkanes) is 6. The number of hydrogen-bond donors (Lipinski definition) is 2. The van der Waals surface area contributed by atoms with Crippen LogP contribution in [-0.2, 0) is 0 Å². The molecule has 3 heteroatoms. The average molecular weight is 311 g/mol. The van der Waals surface area contributed by atoms with Crippen LogP contribution in [0.15, 0.2) is 18.2 Å². The van der Waals surface area contributed by atoms with Gasteiger partial charge in [-0.1, -0.05) is 69.5 Å². The third-order valence-electron chi connectivity index (χ3n) is 3.98. The van der Waals surface area contributed by atoms with Gasteiger partial charge in [-0.3, -0.25) is 0 Å². The highest BCUT2D eigenvalue weighted by molar-refractivity contribution is 6.31. The van der Waals surface area contributed by atoms with E-state index in [1.165, 1.54) is 44.9 Å². The highest BCUT2D eigenvalue weighted by atomic mass is 35.5. The number of aryl methyl sites for hydroxylation is 1. The Bertz CT molecular complexity index is 393. The molecule has 0 saturated carbocycles. The summed E-state index contributed by atoms with van der Waals surface area (Å²) >= 11 is 6.16. The minimum atomic E-state index is 0.347. The van der Waals surface area contributed by atoms with Crippen molar-refractivity contribution in [3.8, 4) is 0 Å². The van der Waals surface area contributed by atoms with E-state index in [1.807, 2.05) is 19.1 Å². The number of halogens is 1. The van der Waals surface area contributed by atoms with Crippen molar-refractivity contribution in [2.24, 2.45) is 5.73 Å². The summed E-state index contributed by atoms with van der Waals surface area (Å²) in [4.78, 5) is 0. The predicted molar refractivity (Wildman–Crippen MR) is 95.3 cm³/mol. The summed E-state index contributed by atoms with van der Waals surface area (Å²) in [6.07, 6.45) is 10.5. The van der Waals surface area contributed by atoms with E-state index >= 15 is 0 Å². The molecule has 0 amide bonds. The molecule has 1 unspecified atom stereocenters. The van der Waals surface area contributed by atoms with E-state index in [4.69, 9.17) is 17.3 Å². The summed E-state index contributed by atoms with van der Waals surface area (Å²) in [5.74, 6) is 0. The van der Waals surface area contributed by atoms with Gasteiger partial charge in [0.1, 0.15) is 0 Å². The molecule has 120 valence electrons. The van der Waals surface area contributed by atoms with Crippen molar-refractivity contribution in [1.82, 2.24) is 0 Å². The zero-order valence-corrected chi connectivity index (χ0v) is 14.4. The average Bonchev–Trinajstić information content (AvgIpc) is 2.48. The molecule has 21 heavy (non-hydrogen) atoms. The molecule has 0 aromatic heterocycles. The summed E-state index contributed by atoms with van der Waals surface area (Å²) in [6, 6.07) is 6.46. The van der Waals surface area contributed by atoms with Gasteiger partial charge in [0.25, 0.3) is 0 Å². The molecule has 1 aromatic carbocycles. The second-order valence-corrected chi connectivity index (χ2v) is 6.36. The molecule has 0 saturated heterocycles. The Labute approximate surface area is 135 Å². The second-order valence-electron chi connectivity index (χ2n) is 5.95. The van der Waals surface area contributed by atoms with E-state index in [0.29, 0.717) is 12.6 Å². The van der Waals surface area contributed by atoms with E-state index < -0.39 is 0 Å². The van der Waals surface area contributed by atoms with E-state index in [9.17, 15) is 0 Å². The Hall–Kier alpha value is -0.730. The van der Waals surface area contributed by atoms with Crippen molar-refractivity contribution in [1.29, 1.82) is 0 Å². The number of hydrogen-bond acceptors (Lipinski definition) is 2. The topological polar surface area (TPSA) is 38.0 Å². The van der Waals surface area contributed by atoms with E-state index in [2.05, 4.69) is 18.3 Å². The maximum atomic E-state index is 6.16. The molecule has 0 heterocycles. The molecule has 0 aliphatic rings. The number of nitrogens with one attached hydrogen (secondary N) is 1. The molecule has 1 rings (SSSR count). The van der Waals surface area contributed by atoms with Crippen LogP contribution in [0.25, 0.3) is 0 Å². The lowest BCUT2D eigenvalue weighted by atomic mass is 10.0. The van der Waals surface area contributed by atoms with Gasteiger partial charge >= 0.3 is 0 Å². The molecule has 0 aliphatic carbocycles. The third-order valence-corrected chi connectivity index (χ3v) is 4.39. The summed E-state index contributed by atoms with van der Waals surface area (Å²) in [5.41, 5.74) is 8.06. The first kappa shape index (κ1) is 18.3. The second kappa shape index (κ2) is 10.9. The minimum absolute atomic E-state index is 0.347. The molecular weight excluding hydrogens is 280 g/mol. The lowest BCUT2D eigenvalue weighted by Crippen LogP contribution is -2.28. The Morgan fingerprint density at radius 2 is 1.76 bits per heavy atom. The molecule has 0 aliphatic heterocycles. The fraction of sp³-hybridized carbons (Fsp3) is 0.667. The first-order chi connectivity index (χ1) is 10.2. The van der Waals surface area contributed by atoms with Crippen LogP contribution in [0.4, 0.5) is 5.69 Å². The van der Waals surface area contributed by atoms with Gasteiger partial charge in [-0.2, -0.15) is 0 Å². The van der Waals surface area contributed by atoms with Gasteiger partial charge < -0.3 is 11.1 Å². The number of anilines is 1.